The average molecular weight is 392 g/mol. The van der Waals surface area contributed by atoms with Crippen LogP contribution in [-0.4, -0.2) is 48.6 Å². The SMILES string of the molecule is Cc1ccc(C(CN2CCOCC2)NC(=O)c2ccc3[nH]c(C)c(C)c3c2)cc1. The molecular formula is C24H29N3O2. The van der Waals surface area contributed by atoms with Gasteiger partial charge in [0.05, 0.1) is 19.3 Å². The van der Waals surface area contributed by atoms with Crippen molar-refractivity contribution in [3.63, 3.8) is 0 Å². The van der Waals surface area contributed by atoms with E-state index in [4.69, 9.17) is 4.74 Å². The first kappa shape index (κ1) is 19.7. The van der Waals surface area contributed by atoms with E-state index < -0.39 is 0 Å². The maximum atomic E-state index is 13.1. The molecule has 152 valence electrons. The van der Waals surface area contributed by atoms with Crippen LogP contribution in [0.3, 0.4) is 0 Å². The zero-order valence-corrected chi connectivity index (χ0v) is 17.4. The van der Waals surface area contributed by atoms with Crippen LogP contribution < -0.4 is 5.32 Å². The van der Waals surface area contributed by atoms with Crippen LogP contribution in [0.4, 0.5) is 0 Å². The molecule has 1 saturated heterocycles. The van der Waals surface area contributed by atoms with Gasteiger partial charge in [0.2, 0.25) is 0 Å². The van der Waals surface area contributed by atoms with Crippen molar-refractivity contribution in [1.29, 1.82) is 0 Å². The monoisotopic (exact) mass is 391 g/mol. The molecule has 1 atom stereocenters. The Balaban J connectivity index is 1.58. The van der Waals surface area contributed by atoms with Crippen LogP contribution in [0.2, 0.25) is 0 Å². The largest absolute Gasteiger partial charge is 0.379 e. The summed E-state index contributed by atoms with van der Waals surface area (Å²) in [5.41, 5.74) is 6.44. The van der Waals surface area contributed by atoms with Gasteiger partial charge in [0.1, 0.15) is 0 Å². The molecule has 2 heterocycles. The summed E-state index contributed by atoms with van der Waals surface area (Å²) in [6.45, 7) is 10.3. The van der Waals surface area contributed by atoms with Crippen LogP contribution in [0.5, 0.6) is 0 Å². The molecule has 0 saturated carbocycles. The van der Waals surface area contributed by atoms with Gasteiger partial charge in [-0.15, -0.1) is 0 Å². The number of aromatic nitrogens is 1. The first-order chi connectivity index (χ1) is 14.0. The number of H-pyrrole nitrogens is 1. The standard InChI is InChI=1S/C24H29N3O2/c1-16-4-6-19(7-5-16)23(15-27-10-12-29-13-11-27)26-24(28)20-8-9-22-21(14-20)17(2)18(3)25-22/h4-9,14,23,25H,10-13,15H2,1-3H3,(H,26,28). The van der Waals surface area contributed by atoms with E-state index in [1.54, 1.807) is 0 Å². The smallest absolute Gasteiger partial charge is 0.251 e. The molecule has 1 aromatic heterocycles. The van der Waals surface area contributed by atoms with Gasteiger partial charge in [-0.05, 0) is 50.1 Å². The van der Waals surface area contributed by atoms with Gasteiger partial charge in [0.15, 0.2) is 0 Å². The maximum Gasteiger partial charge on any atom is 0.251 e. The molecule has 29 heavy (non-hydrogen) atoms. The number of aromatic amines is 1. The Kier molecular flexibility index (Phi) is 5.69. The van der Waals surface area contributed by atoms with Crippen molar-refractivity contribution in [3.8, 4) is 0 Å². The van der Waals surface area contributed by atoms with E-state index >= 15 is 0 Å². The molecule has 1 aliphatic rings. The van der Waals surface area contributed by atoms with E-state index in [9.17, 15) is 4.79 Å². The van der Waals surface area contributed by atoms with E-state index in [1.807, 2.05) is 18.2 Å². The molecule has 0 spiro atoms. The highest BCUT2D eigenvalue weighted by molar-refractivity contribution is 5.99. The van der Waals surface area contributed by atoms with Crippen LogP contribution in [0.15, 0.2) is 42.5 Å². The summed E-state index contributed by atoms with van der Waals surface area (Å²) in [5.74, 6) is -0.0380. The summed E-state index contributed by atoms with van der Waals surface area (Å²) >= 11 is 0. The number of nitrogens with zero attached hydrogens (tertiary/aromatic N) is 1. The highest BCUT2D eigenvalue weighted by Crippen LogP contribution is 2.23. The van der Waals surface area contributed by atoms with E-state index in [-0.39, 0.29) is 11.9 Å². The van der Waals surface area contributed by atoms with E-state index in [1.165, 1.54) is 11.1 Å². The number of hydrogen-bond acceptors (Lipinski definition) is 3. The van der Waals surface area contributed by atoms with Gasteiger partial charge in [0, 0.05) is 41.8 Å². The quantitative estimate of drug-likeness (QED) is 0.694. The number of amides is 1. The Morgan fingerprint density at radius 2 is 1.83 bits per heavy atom. The lowest BCUT2D eigenvalue weighted by molar-refractivity contribution is 0.0332. The second-order valence-electron chi connectivity index (χ2n) is 7.99. The van der Waals surface area contributed by atoms with Gasteiger partial charge < -0.3 is 15.0 Å². The van der Waals surface area contributed by atoms with Gasteiger partial charge in [-0.3, -0.25) is 9.69 Å². The Labute approximate surface area is 172 Å². The van der Waals surface area contributed by atoms with E-state index in [0.29, 0.717) is 5.56 Å². The third-order valence-electron chi connectivity index (χ3n) is 5.90. The van der Waals surface area contributed by atoms with Gasteiger partial charge in [-0.25, -0.2) is 0 Å². The maximum absolute atomic E-state index is 13.1. The van der Waals surface area contributed by atoms with Crippen LogP contribution >= 0.6 is 0 Å². The number of rotatable bonds is 5. The second kappa shape index (κ2) is 8.39. The normalized spacial score (nSPS) is 16.1. The lowest BCUT2D eigenvalue weighted by Gasteiger charge is -2.31. The topological polar surface area (TPSA) is 57.4 Å². The fraction of sp³-hybridized carbons (Fsp3) is 0.375. The van der Waals surface area contributed by atoms with Gasteiger partial charge in [0.25, 0.3) is 5.91 Å². The minimum absolute atomic E-state index is 0.0380. The molecule has 1 aliphatic heterocycles. The predicted octanol–water partition coefficient (Wildman–Crippen LogP) is 3.90. The van der Waals surface area contributed by atoms with Crippen molar-refractivity contribution < 1.29 is 9.53 Å². The van der Waals surface area contributed by atoms with Crippen molar-refractivity contribution >= 4 is 16.8 Å². The van der Waals surface area contributed by atoms with Gasteiger partial charge >= 0.3 is 0 Å². The molecule has 5 nitrogen and oxygen atoms in total. The minimum atomic E-state index is -0.0639. The van der Waals surface area contributed by atoms with Crippen LogP contribution in [0, 0.1) is 20.8 Å². The van der Waals surface area contributed by atoms with E-state index in [2.05, 4.69) is 60.2 Å². The second-order valence-corrected chi connectivity index (χ2v) is 7.99. The molecule has 2 N–H and O–H groups in total. The molecular weight excluding hydrogens is 362 g/mol. The highest BCUT2D eigenvalue weighted by Gasteiger charge is 2.21. The predicted molar refractivity (Wildman–Crippen MR) is 116 cm³/mol. The van der Waals surface area contributed by atoms with Gasteiger partial charge in [-0.2, -0.15) is 0 Å². The molecule has 3 aromatic rings. The lowest BCUT2D eigenvalue weighted by atomic mass is 10.0. The zero-order valence-electron chi connectivity index (χ0n) is 17.4. The summed E-state index contributed by atoms with van der Waals surface area (Å²) in [6, 6.07) is 14.3. The third-order valence-corrected chi connectivity index (χ3v) is 5.90. The Hall–Kier alpha value is -2.63. The molecule has 0 bridgehead atoms. The van der Waals surface area contributed by atoms with Gasteiger partial charge in [-0.1, -0.05) is 29.8 Å². The average Bonchev–Trinajstić information content (AvgIpc) is 3.02. The number of fused-ring (bicyclic) bond motifs is 1. The first-order valence-electron chi connectivity index (χ1n) is 10.3. The fourth-order valence-corrected chi connectivity index (χ4v) is 3.92. The molecule has 0 aliphatic carbocycles. The van der Waals surface area contributed by atoms with Crippen LogP contribution in [-0.2, 0) is 4.74 Å². The number of morpholine rings is 1. The van der Waals surface area contributed by atoms with Crippen molar-refractivity contribution in [2.75, 3.05) is 32.8 Å². The molecule has 1 amide bonds. The Morgan fingerprint density at radius 1 is 1.10 bits per heavy atom. The number of carbonyl (C=O) groups is 1. The number of benzene rings is 2. The highest BCUT2D eigenvalue weighted by atomic mass is 16.5. The zero-order chi connectivity index (χ0) is 20.4. The summed E-state index contributed by atoms with van der Waals surface area (Å²) in [4.78, 5) is 18.9. The van der Waals surface area contributed by atoms with Crippen molar-refractivity contribution in [2.45, 2.75) is 26.8 Å². The molecule has 2 aromatic carbocycles. The first-order valence-corrected chi connectivity index (χ1v) is 10.3. The number of ether oxygens (including phenoxy) is 1. The molecule has 1 fully saturated rings. The molecule has 5 heteroatoms. The third kappa shape index (κ3) is 4.36. The number of hydrogen-bond donors (Lipinski definition) is 2. The van der Waals surface area contributed by atoms with Crippen LogP contribution in [0.1, 0.15) is 38.8 Å². The van der Waals surface area contributed by atoms with Crippen molar-refractivity contribution in [3.05, 3.63) is 70.4 Å². The van der Waals surface area contributed by atoms with Crippen LogP contribution in [0.25, 0.3) is 10.9 Å². The molecule has 0 radical (unpaired) electrons. The lowest BCUT2D eigenvalue weighted by Crippen LogP contribution is -2.43. The summed E-state index contributed by atoms with van der Waals surface area (Å²) < 4.78 is 5.48. The fourth-order valence-electron chi connectivity index (χ4n) is 3.92. The summed E-state index contributed by atoms with van der Waals surface area (Å²) in [5, 5.41) is 4.38. The summed E-state index contributed by atoms with van der Waals surface area (Å²) in [7, 11) is 0. The number of nitrogens with one attached hydrogen (secondary N) is 2. The van der Waals surface area contributed by atoms with Crippen molar-refractivity contribution in [1.82, 2.24) is 15.2 Å². The molecule has 1 unspecified atom stereocenters. The summed E-state index contributed by atoms with van der Waals surface area (Å²) in [6.07, 6.45) is 0. The number of aryl methyl sites for hydroxylation is 3. The Bertz CT molecular complexity index is 1000. The minimum Gasteiger partial charge on any atom is -0.379 e. The Morgan fingerprint density at radius 3 is 2.55 bits per heavy atom. The van der Waals surface area contributed by atoms with Crippen molar-refractivity contribution in [2.24, 2.45) is 0 Å². The van der Waals surface area contributed by atoms with E-state index in [0.717, 1.165) is 55.0 Å². The number of carbonyl (C=O) groups excluding carboxylic acids is 1. The molecule has 4 rings (SSSR count).